The van der Waals surface area contributed by atoms with Gasteiger partial charge < -0.3 is 0 Å². The van der Waals surface area contributed by atoms with Gasteiger partial charge in [-0.2, -0.15) is 13.2 Å². The number of alkyl halides is 3. The molecule has 6 nitrogen and oxygen atoms in total. The average Bonchev–Trinajstić information content (AvgIpc) is 2.77. The van der Waals surface area contributed by atoms with Crippen LogP contribution < -0.4 is 16.0 Å². The van der Waals surface area contributed by atoms with Gasteiger partial charge in [-0.1, -0.05) is 34.8 Å². The van der Waals surface area contributed by atoms with Crippen molar-refractivity contribution in [1.29, 1.82) is 5.41 Å². The molecule has 2 rings (SSSR count). The molecule has 0 bridgehead atoms. The molecule has 0 saturated heterocycles. The number of benzene rings is 1. The summed E-state index contributed by atoms with van der Waals surface area (Å²) in [4.78, 5) is 11.1. The molecule has 25 heavy (non-hydrogen) atoms. The van der Waals surface area contributed by atoms with Gasteiger partial charge in [0.15, 0.2) is 16.9 Å². The van der Waals surface area contributed by atoms with Crippen LogP contribution in [0.25, 0.3) is 0 Å². The van der Waals surface area contributed by atoms with Crippen molar-refractivity contribution in [3.8, 4) is 0 Å². The Hall–Kier alpha value is -1.46. The summed E-state index contributed by atoms with van der Waals surface area (Å²) in [6.45, 7) is 1.57. The maximum Gasteiger partial charge on any atom is 0.416 e. The summed E-state index contributed by atoms with van der Waals surface area (Å²) in [7, 11) is -1.71. The second-order valence-corrected chi connectivity index (χ2v) is 7.46. The van der Waals surface area contributed by atoms with Gasteiger partial charge in [0, 0.05) is 5.75 Å². The van der Waals surface area contributed by atoms with Crippen molar-refractivity contribution in [3.63, 3.8) is 0 Å². The third-order valence-electron chi connectivity index (χ3n) is 3.41. The first-order chi connectivity index (χ1) is 11.5. The molecule has 0 saturated carbocycles. The van der Waals surface area contributed by atoms with E-state index in [2.05, 4.69) is 5.43 Å². The van der Waals surface area contributed by atoms with Crippen molar-refractivity contribution in [3.05, 3.63) is 38.3 Å². The number of nitrogens with one attached hydrogen (secondary N) is 2. The van der Waals surface area contributed by atoms with Crippen LogP contribution in [0.5, 0.6) is 0 Å². The van der Waals surface area contributed by atoms with Crippen molar-refractivity contribution >= 4 is 51.8 Å². The first-order valence-electron chi connectivity index (χ1n) is 6.67. The average molecular weight is 416 g/mol. The monoisotopic (exact) mass is 415 g/mol. The van der Waals surface area contributed by atoms with E-state index >= 15 is 0 Å². The molecular formula is C13H12Cl2F3N4O2S+. The Kier molecular flexibility index (Phi) is 5.31. The predicted molar refractivity (Wildman–Crippen MR) is 90.1 cm³/mol. The second-order valence-electron chi connectivity index (χ2n) is 4.96. The van der Waals surface area contributed by atoms with Crippen LogP contribution in [0.1, 0.15) is 12.5 Å². The number of aldehydes is 1. The molecule has 2 unspecified atom stereocenters. The van der Waals surface area contributed by atoms with E-state index in [9.17, 15) is 22.2 Å². The molecule has 1 aliphatic rings. The van der Waals surface area contributed by atoms with E-state index in [1.807, 2.05) is 0 Å². The number of amidine groups is 1. The van der Waals surface area contributed by atoms with Crippen molar-refractivity contribution in [2.45, 2.75) is 13.1 Å². The summed E-state index contributed by atoms with van der Waals surface area (Å²) < 4.78 is 49.5. The zero-order valence-corrected chi connectivity index (χ0v) is 14.9. The smallest absolute Gasteiger partial charge is 0.296 e. The third kappa shape index (κ3) is 3.32. The molecule has 0 amide bonds. The fourth-order valence-corrected chi connectivity index (χ4v) is 4.01. The van der Waals surface area contributed by atoms with Gasteiger partial charge >= 0.3 is 6.18 Å². The van der Waals surface area contributed by atoms with E-state index in [0.717, 1.165) is 0 Å². The van der Waals surface area contributed by atoms with Crippen molar-refractivity contribution in [2.24, 2.45) is 5.84 Å². The minimum absolute atomic E-state index is 0.102. The highest BCUT2D eigenvalue weighted by Gasteiger charge is 2.50. The Morgan fingerprint density at radius 2 is 1.88 bits per heavy atom. The molecule has 1 aromatic rings. The van der Waals surface area contributed by atoms with Crippen molar-refractivity contribution in [2.75, 3.05) is 5.75 Å². The summed E-state index contributed by atoms with van der Waals surface area (Å²) in [6, 6.07) is 1.22. The van der Waals surface area contributed by atoms with E-state index in [-0.39, 0.29) is 22.0 Å². The molecule has 0 fully saturated rings. The Labute approximate surface area is 152 Å². The van der Waals surface area contributed by atoms with E-state index in [4.69, 9.17) is 34.5 Å². The maximum atomic E-state index is 12.9. The standard InChI is InChI=1S/C13H12Cl2F3N4O2S/c1-2-25(24)11-9(5-23)21-22(20,12(11)19)10-7(14)3-6(4-8(10)15)13(16,17)18/h3-5,19,21H,2,20H2,1H3/q+1. The minimum Gasteiger partial charge on any atom is -0.296 e. The summed E-state index contributed by atoms with van der Waals surface area (Å²) in [5, 5.41) is 7.24. The van der Waals surface area contributed by atoms with Crippen LogP contribution in [0.15, 0.2) is 22.7 Å². The molecule has 0 spiro atoms. The van der Waals surface area contributed by atoms with Crippen LogP contribution in [0.2, 0.25) is 10.0 Å². The highest BCUT2D eigenvalue weighted by molar-refractivity contribution is 7.90. The number of carbonyl (C=O) groups excluding carboxylic acids is 1. The Morgan fingerprint density at radius 3 is 2.28 bits per heavy atom. The van der Waals surface area contributed by atoms with Gasteiger partial charge in [-0.25, -0.2) is 10.8 Å². The molecule has 1 heterocycles. The summed E-state index contributed by atoms with van der Waals surface area (Å²) in [5.74, 6) is 5.64. The quantitative estimate of drug-likeness (QED) is 0.400. The number of rotatable bonds is 4. The van der Waals surface area contributed by atoms with Crippen LogP contribution in [0, 0.1) is 5.41 Å². The van der Waals surface area contributed by atoms with Gasteiger partial charge in [-0.3, -0.25) is 9.00 Å². The fraction of sp³-hybridized carbons (Fsp3) is 0.231. The minimum atomic E-state index is -4.68. The Bertz CT molecular complexity index is 805. The van der Waals surface area contributed by atoms with Crippen LogP contribution >= 0.6 is 23.2 Å². The molecule has 4 N–H and O–H groups in total. The molecule has 0 radical (unpaired) electrons. The van der Waals surface area contributed by atoms with Crippen LogP contribution in [0.3, 0.4) is 0 Å². The fourth-order valence-electron chi connectivity index (χ4n) is 2.27. The molecule has 1 aliphatic heterocycles. The van der Waals surface area contributed by atoms with Crippen LogP contribution in [0.4, 0.5) is 18.9 Å². The highest BCUT2D eigenvalue weighted by Crippen LogP contribution is 2.43. The Morgan fingerprint density at radius 1 is 1.36 bits per heavy atom. The molecule has 0 aromatic heterocycles. The predicted octanol–water partition coefficient (Wildman–Crippen LogP) is 2.87. The van der Waals surface area contributed by atoms with E-state index < -0.39 is 43.1 Å². The van der Waals surface area contributed by atoms with Crippen molar-refractivity contribution in [1.82, 2.24) is 10.1 Å². The van der Waals surface area contributed by atoms with E-state index in [1.165, 1.54) is 0 Å². The lowest BCUT2D eigenvalue weighted by molar-refractivity contribution is -0.137. The van der Waals surface area contributed by atoms with Gasteiger partial charge in [0.05, 0.1) is 16.4 Å². The van der Waals surface area contributed by atoms with Gasteiger partial charge in [0.25, 0.3) is 5.84 Å². The molecule has 1 aromatic carbocycles. The number of quaternary nitrogens is 1. The zero-order valence-electron chi connectivity index (χ0n) is 12.6. The summed E-state index contributed by atoms with van der Waals surface area (Å²) in [6.07, 6.45) is -4.37. The molecule has 0 aliphatic carbocycles. The SMILES string of the molecule is CCS(=O)C1=C(C=O)N[N+](N)(c2c(Cl)cc(C(F)(F)F)cc2Cl)C1=N. The summed E-state index contributed by atoms with van der Waals surface area (Å²) >= 11 is 11.9. The van der Waals surface area contributed by atoms with Gasteiger partial charge in [0.2, 0.25) is 5.69 Å². The third-order valence-corrected chi connectivity index (χ3v) is 5.38. The first kappa shape index (κ1) is 19.9. The first-order valence-corrected chi connectivity index (χ1v) is 8.74. The molecule has 2 atom stereocenters. The lowest BCUT2D eigenvalue weighted by atomic mass is 10.2. The van der Waals surface area contributed by atoms with Crippen LogP contribution in [-0.4, -0.2) is 22.1 Å². The number of nitrogens with two attached hydrogens (primary N) is 1. The van der Waals surface area contributed by atoms with Gasteiger partial charge in [-0.15, -0.1) is 5.84 Å². The normalized spacial score (nSPS) is 22.1. The molecular weight excluding hydrogens is 404 g/mol. The number of halogens is 5. The highest BCUT2D eigenvalue weighted by atomic mass is 35.5. The Balaban J connectivity index is 2.62. The largest absolute Gasteiger partial charge is 0.416 e. The molecule has 136 valence electrons. The van der Waals surface area contributed by atoms with Crippen molar-refractivity contribution < 1.29 is 22.2 Å². The lowest BCUT2D eigenvalue weighted by Gasteiger charge is -2.28. The maximum absolute atomic E-state index is 12.9. The second kappa shape index (κ2) is 6.69. The van der Waals surface area contributed by atoms with Gasteiger partial charge in [-0.05, 0) is 12.1 Å². The van der Waals surface area contributed by atoms with E-state index in [1.54, 1.807) is 6.92 Å². The van der Waals surface area contributed by atoms with Gasteiger partial charge in [0.1, 0.15) is 10.0 Å². The number of carbonyl (C=O) groups is 1. The number of nitrogens with zero attached hydrogens (tertiary/aromatic N) is 1. The lowest BCUT2D eigenvalue weighted by Crippen LogP contribution is -2.65. The van der Waals surface area contributed by atoms with E-state index in [0.29, 0.717) is 18.4 Å². The summed E-state index contributed by atoms with van der Waals surface area (Å²) in [5.41, 5.74) is 0.858. The zero-order chi connectivity index (χ0) is 19.2. The number of hydrogen-bond donors (Lipinski definition) is 3. The number of allylic oxidation sites excluding steroid dienone is 1. The molecule has 12 heteroatoms. The van der Waals surface area contributed by atoms with Crippen LogP contribution in [-0.2, 0) is 21.8 Å². The topological polar surface area (TPSA) is 96.0 Å². The number of hydrogen-bond acceptors (Lipinski definition) is 5.